The van der Waals surface area contributed by atoms with Gasteiger partial charge in [-0.25, -0.2) is 24.3 Å². The Bertz CT molecular complexity index is 994. The molecule has 1 aliphatic rings. The van der Waals surface area contributed by atoms with Gasteiger partial charge < -0.3 is 10.6 Å². The highest BCUT2D eigenvalue weighted by Gasteiger charge is 2.20. The molecule has 3 aromatic rings. The van der Waals surface area contributed by atoms with Crippen molar-refractivity contribution in [3.8, 4) is 0 Å². The van der Waals surface area contributed by atoms with E-state index in [-0.39, 0.29) is 11.2 Å². The maximum absolute atomic E-state index is 13.4. The van der Waals surface area contributed by atoms with E-state index in [1.165, 1.54) is 37.7 Å². The standard InChI is InChI=1S/C20H23ClFN7/c1-2-17(29-8-4-3-5-9-29)27-20-23-11-16-18(28-20)19(25-12-24-16)26-13-6-7-15(22)14(21)10-13/h6-7,10-12,17H,2-5,8-9H2,1H3,(H,23,27,28)(H,24,25,26). The molecule has 0 aliphatic carbocycles. The Labute approximate surface area is 173 Å². The molecule has 29 heavy (non-hydrogen) atoms. The molecule has 0 amide bonds. The first-order valence-electron chi connectivity index (χ1n) is 9.84. The molecule has 1 atom stereocenters. The molecule has 0 saturated carbocycles. The minimum absolute atomic E-state index is 0.0395. The van der Waals surface area contributed by atoms with Crippen LogP contribution >= 0.6 is 11.6 Å². The van der Waals surface area contributed by atoms with E-state index < -0.39 is 5.82 Å². The van der Waals surface area contributed by atoms with Crippen molar-refractivity contribution in [2.24, 2.45) is 0 Å². The average molecular weight is 416 g/mol. The number of halogens is 2. The fourth-order valence-electron chi connectivity index (χ4n) is 3.56. The number of hydrogen-bond acceptors (Lipinski definition) is 7. The van der Waals surface area contributed by atoms with Crippen molar-refractivity contribution in [1.29, 1.82) is 0 Å². The van der Waals surface area contributed by atoms with Crippen LogP contribution in [-0.2, 0) is 0 Å². The van der Waals surface area contributed by atoms with E-state index in [9.17, 15) is 4.39 Å². The lowest BCUT2D eigenvalue weighted by Gasteiger charge is -2.34. The van der Waals surface area contributed by atoms with Crippen molar-refractivity contribution >= 4 is 40.1 Å². The van der Waals surface area contributed by atoms with E-state index in [0.29, 0.717) is 28.5 Å². The third-order valence-electron chi connectivity index (χ3n) is 5.07. The van der Waals surface area contributed by atoms with E-state index >= 15 is 0 Å². The van der Waals surface area contributed by atoms with Gasteiger partial charge >= 0.3 is 0 Å². The molecule has 2 N–H and O–H groups in total. The number of anilines is 3. The van der Waals surface area contributed by atoms with Crippen molar-refractivity contribution in [3.05, 3.63) is 41.6 Å². The summed E-state index contributed by atoms with van der Waals surface area (Å²) >= 11 is 5.88. The zero-order valence-electron chi connectivity index (χ0n) is 16.2. The van der Waals surface area contributed by atoms with Gasteiger partial charge in [-0.15, -0.1) is 0 Å². The number of benzene rings is 1. The van der Waals surface area contributed by atoms with E-state index in [4.69, 9.17) is 11.6 Å². The molecule has 0 spiro atoms. The van der Waals surface area contributed by atoms with Gasteiger partial charge in [0.15, 0.2) is 5.82 Å². The number of nitrogens with zero attached hydrogens (tertiary/aromatic N) is 5. The molecular weight excluding hydrogens is 393 g/mol. The molecule has 7 nitrogen and oxygen atoms in total. The molecule has 9 heteroatoms. The van der Waals surface area contributed by atoms with Crippen LogP contribution in [0.1, 0.15) is 32.6 Å². The number of nitrogens with one attached hydrogen (secondary N) is 2. The molecular formula is C20H23ClFN7. The van der Waals surface area contributed by atoms with E-state index in [0.717, 1.165) is 19.5 Å². The molecule has 1 aliphatic heterocycles. The van der Waals surface area contributed by atoms with Gasteiger partial charge in [0.25, 0.3) is 0 Å². The molecule has 4 rings (SSSR count). The Kier molecular flexibility index (Phi) is 6.01. The Hall–Kier alpha value is -2.58. The maximum Gasteiger partial charge on any atom is 0.224 e. The van der Waals surface area contributed by atoms with E-state index in [1.54, 1.807) is 12.3 Å². The van der Waals surface area contributed by atoms with Gasteiger partial charge in [0.2, 0.25) is 5.95 Å². The molecule has 152 valence electrons. The van der Waals surface area contributed by atoms with Crippen molar-refractivity contribution in [2.75, 3.05) is 23.7 Å². The monoisotopic (exact) mass is 415 g/mol. The summed E-state index contributed by atoms with van der Waals surface area (Å²) in [7, 11) is 0. The summed E-state index contributed by atoms with van der Waals surface area (Å²) in [6.07, 6.45) is 7.99. The summed E-state index contributed by atoms with van der Waals surface area (Å²) in [5, 5.41) is 6.63. The van der Waals surface area contributed by atoms with Crippen molar-refractivity contribution in [3.63, 3.8) is 0 Å². The summed E-state index contributed by atoms with van der Waals surface area (Å²) < 4.78 is 13.4. The second-order valence-electron chi connectivity index (χ2n) is 7.07. The van der Waals surface area contributed by atoms with Crippen LogP contribution in [-0.4, -0.2) is 44.1 Å². The van der Waals surface area contributed by atoms with Gasteiger partial charge in [-0.3, -0.25) is 4.90 Å². The topological polar surface area (TPSA) is 78.9 Å². The molecule has 1 saturated heterocycles. The van der Waals surface area contributed by atoms with Gasteiger partial charge in [0.1, 0.15) is 23.2 Å². The third-order valence-corrected chi connectivity index (χ3v) is 5.36. The Balaban J connectivity index is 1.60. The highest BCUT2D eigenvalue weighted by molar-refractivity contribution is 6.31. The van der Waals surface area contributed by atoms with Gasteiger partial charge in [-0.1, -0.05) is 24.9 Å². The first-order valence-corrected chi connectivity index (χ1v) is 10.2. The number of piperidine rings is 1. The quantitative estimate of drug-likeness (QED) is 0.609. The molecule has 1 unspecified atom stereocenters. The minimum Gasteiger partial charge on any atom is -0.339 e. The fraction of sp³-hybridized carbons (Fsp3) is 0.400. The highest BCUT2D eigenvalue weighted by atomic mass is 35.5. The molecule has 2 aromatic heterocycles. The SMILES string of the molecule is CCC(Nc1ncc2ncnc(Nc3ccc(F)c(Cl)c3)c2n1)N1CCCCC1. The van der Waals surface area contributed by atoms with Crippen LogP contribution in [0.4, 0.5) is 21.8 Å². The molecule has 1 fully saturated rings. The van der Waals surface area contributed by atoms with E-state index in [2.05, 4.69) is 42.4 Å². The zero-order chi connectivity index (χ0) is 20.2. The van der Waals surface area contributed by atoms with Gasteiger partial charge in [0.05, 0.1) is 17.4 Å². The van der Waals surface area contributed by atoms with Crippen LogP contribution < -0.4 is 10.6 Å². The van der Waals surface area contributed by atoms with Gasteiger partial charge in [-0.2, -0.15) is 0 Å². The van der Waals surface area contributed by atoms with Crippen LogP contribution in [0.5, 0.6) is 0 Å². The fourth-order valence-corrected chi connectivity index (χ4v) is 3.74. The summed E-state index contributed by atoms with van der Waals surface area (Å²) in [5.41, 5.74) is 1.82. The van der Waals surface area contributed by atoms with Gasteiger partial charge in [0, 0.05) is 18.8 Å². The lowest BCUT2D eigenvalue weighted by atomic mass is 10.1. The van der Waals surface area contributed by atoms with Gasteiger partial charge in [-0.05, 0) is 37.5 Å². The summed E-state index contributed by atoms with van der Waals surface area (Å²) in [6.45, 7) is 4.32. The molecule has 3 heterocycles. The number of aromatic nitrogens is 4. The second-order valence-corrected chi connectivity index (χ2v) is 7.48. The van der Waals surface area contributed by atoms with Crippen molar-refractivity contribution in [2.45, 2.75) is 38.8 Å². The molecule has 1 aromatic carbocycles. The smallest absolute Gasteiger partial charge is 0.224 e. The Morgan fingerprint density at radius 1 is 1.17 bits per heavy atom. The summed E-state index contributed by atoms with van der Waals surface area (Å²) in [5.74, 6) is 0.570. The predicted molar refractivity (Wildman–Crippen MR) is 113 cm³/mol. The van der Waals surface area contributed by atoms with Crippen LogP contribution in [0.15, 0.2) is 30.7 Å². The van der Waals surface area contributed by atoms with Crippen LogP contribution in [0.25, 0.3) is 11.0 Å². The average Bonchev–Trinajstić information content (AvgIpc) is 2.75. The normalized spacial score (nSPS) is 16.0. The zero-order valence-corrected chi connectivity index (χ0v) is 17.0. The Morgan fingerprint density at radius 2 is 2.00 bits per heavy atom. The Morgan fingerprint density at radius 3 is 2.76 bits per heavy atom. The lowest BCUT2D eigenvalue weighted by molar-refractivity contribution is 0.175. The number of likely N-dealkylation sites (tertiary alicyclic amines) is 1. The largest absolute Gasteiger partial charge is 0.339 e. The maximum atomic E-state index is 13.4. The molecule has 0 bridgehead atoms. The summed E-state index contributed by atoms with van der Waals surface area (Å²) in [6, 6.07) is 4.41. The summed E-state index contributed by atoms with van der Waals surface area (Å²) in [4.78, 5) is 20.1. The van der Waals surface area contributed by atoms with Crippen LogP contribution in [0.2, 0.25) is 5.02 Å². The van der Waals surface area contributed by atoms with Crippen molar-refractivity contribution < 1.29 is 4.39 Å². The lowest BCUT2D eigenvalue weighted by Crippen LogP contribution is -2.43. The van der Waals surface area contributed by atoms with E-state index in [1.807, 2.05) is 0 Å². The van der Waals surface area contributed by atoms with Crippen LogP contribution in [0.3, 0.4) is 0 Å². The number of hydrogen-bond donors (Lipinski definition) is 2. The third kappa shape index (κ3) is 4.54. The first-order chi connectivity index (χ1) is 14.1. The first kappa shape index (κ1) is 19.7. The highest BCUT2D eigenvalue weighted by Crippen LogP contribution is 2.25. The predicted octanol–water partition coefficient (Wildman–Crippen LogP) is 4.59. The van der Waals surface area contributed by atoms with Crippen molar-refractivity contribution in [1.82, 2.24) is 24.8 Å². The second kappa shape index (κ2) is 8.84. The van der Waals surface area contributed by atoms with Crippen LogP contribution in [0, 0.1) is 5.82 Å². The molecule has 0 radical (unpaired) electrons. The number of rotatable bonds is 6. The minimum atomic E-state index is -0.470. The number of fused-ring (bicyclic) bond motifs is 1.